The first-order valence-electron chi connectivity index (χ1n) is 40.3. The second-order valence-corrected chi connectivity index (χ2v) is 31.6. The van der Waals surface area contributed by atoms with Gasteiger partial charge < -0.3 is 33.8 Å². The van der Waals surface area contributed by atoms with Crippen molar-refractivity contribution in [2.45, 2.75) is 407 Å². The van der Waals surface area contributed by atoms with Crippen LogP contribution < -0.4 is 0 Å². The van der Waals surface area contributed by atoms with Crippen LogP contribution in [-0.2, 0) is 65.4 Å². The van der Waals surface area contributed by atoms with E-state index < -0.39 is 97.5 Å². The second-order valence-electron chi connectivity index (χ2n) is 28.7. The molecular formula is C79H150O17P2. The van der Waals surface area contributed by atoms with Gasteiger partial charge in [0.1, 0.15) is 19.3 Å². The molecule has 0 rings (SSSR count). The van der Waals surface area contributed by atoms with Crippen LogP contribution in [0.25, 0.3) is 0 Å². The van der Waals surface area contributed by atoms with E-state index in [0.717, 1.165) is 121 Å². The minimum atomic E-state index is -4.97. The summed E-state index contributed by atoms with van der Waals surface area (Å²) in [6, 6.07) is 0. The molecule has 0 radical (unpaired) electrons. The summed E-state index contributed by atoms with van der Waals surface area (Å²) in [4.78, 5) is 73.0. The van der Waals surface area contributed by atoms with Crippen molar-refractivity contribution in [3.8, 4) is 0 Å². The van der Waals surface area contributed by atoms with Gasteiger partial charge in [0, 0.05) is 25.7 Å². The lowest BCUT2D eigenvalue weighted by Crippen LogP contribution is -2.30. The number of aliphatic hydroxyl groups is 1. The normalized spacial score (nSPS) is 14.1. The third-order valence-electron chi connectivity index (χ3n) is 17.8. The molecule has 0 aromatic rings. The Bertz CT molecular complexity index is 1980. The van der Waals surface area contributed by atoms with Crippen molar-refractivity contribution in [1.29, 1.82) is 0 Å². The molecule has 0 amide bonds. The van der Waals surface area contributed by atoms with Crippen molar-refractivity contribution in [3.05, 3.63) is 24.3 Å². The monoisotopic (exact) mass is 1430 g/mol. The summed E-state index contributed by atoms with van der Waals surface area (Å²) in [6.07, 6.45) is 61.7. The molecule has 17 nitrogen and oxygen atoms in total. The van der Waals surface area contributed by atoms with Crippen LogP contribution in [0.2, 0.25) is 0 Å². The molecular weight excluding hydrogens is 1280 g/mol. The van der Waals surface area contributed by atoms with Gasteiger partial charge in [-0.3, -0.25) is 37.3 Å². The maximum Gasteiger partial charge on any atom is 0.472 e. The van der Waals surface area contributed by atoms with Gasteiger partial charge in [0.15, 0.2) is 12.2 Å². The molecule has 19 heteroatoms. The van der Waals surface area contributed by atoms with Crippen molar-refractivity contribution >= 4 is 39.5 Å². The molecule has 0 aliphatic heterocycles. The zero-order valence-corrected chi connectivity index (χ0v) is 65.4. The van der Waals surface area contributed by atoms with Crippen LogP contribution in [0.5, 0.6) is 0 Å². The van der Waals surface area contributed by atoms with Gasteiger partial charge in [0.25, 0.3) is 0 Å². The highest BCUT2D eigenvalue weighted by molar-refractivity contribution is 7.47. The smallest absolute Gasteiger partial charge is 0.462 e. The van der Waals surface area contributed by atoms with E-state index in [2.05, 4.69) is 65.8 Å². The van der Waals surface area contributed by atoms with E-state index in [0.29, 0.717) is 25.7 Å². The topological polar surface area (TPSA) is 237 Å². The Morgan fingerprint density at radius 2 is 0.551 bits per heavy atom. The average molecular weight is 1430 g/mol. The molecule has 0 spiro atoms. The molecule has 0 bridgehead atoms. The summed E-state index contributed by atoms with van der Waals surface area (Å²) in [5.74, 6) is -0.592. The Balaban J connectivity index is 5.31. The SMILES string of the molecule is CCCCCC/C=C\C=C/CCCCCCCC(=O)OC[C@H](COP(=O)(O)OC[C@@H](O)COP(=O)(O)OC[C@@H](COC(=O)CCCCCCCCCCCCCCC)OC(=O)CCCCCCCCCCCCCC(C)C)OC(=O)CCCCCCCCCCCCCCCC(C)C. The number of unbranched alkanes of at least 4 members (excludes halogenated alkanes) is 43. The first kappa shape index (κ1) is 95.5. The van der Waals surface area contributed by atoms with Crippen LogP contribution >= 0.6 is 15.6 Å². The molecule has 0 heterocycles. The molecule has 0 saturated carbocycles. The molecule has 98 heavy (non-hydrogen) atoms. The van der Waals surface area contributed by atoms with Crippen LogP contribution in [-0.4, -0.2) is 96.7 Å². The predicted octanol–water partition coefficient (Wildman–Crippen LogP) is 23.1. The number of carbonyl (C=O) groups is 4. The standard InChI is InChI=1S/C79H150O17P2/c1-7-9-11-13-15-17-19-21-22-26-32-38-44-50-56-62-77(82)90-67-74(95-78(83)63-57-51-45-39-33-27-23-25-29-35-41-47-53-59-71(3)4)69-93-97(85,86)91-65-73(80)66-92-98(87,88)94-70-75(68-89-76(81)61-55-49-43-37-31-24-20-18-16-14-12-10-8-2)96-79(84)64-58-52-46-40-34-28-30-36-42-48-54-60-72(5)6/h17,19,21-22,71-75,80H,7-16,18,20,23-70H2,1-6H3,(H,85,86)(H,87,88)/b19-17-,22-21-/t73-,74-,75-/m1/s1. The van der Waals surface area contributed by atoms with E-state index in [-0.39, 0.29) is 25.7 Å². The summed E-state index contributed by atoms with van der Waals surface area (Å²) in [5, 5.41) is 10.6. The lowest BCUT2D eigenvalue weighted by Gasteiger charge is -2.21. The third kappa shape index (κ3) is 71.9. The Hall–Kier alpha value is -2.46. The van der Waals surface area contributed by atoms with Crippen molar-refractivity contribution in [3.63, 3.8) is 0 Å². The third-order valence-corrected chi connectivity index (χ3v) is 19.7. The van der Waals surface area contributed by atoms with Crippen LogP contribution in [0, 0.1) is 11.8 Å². The Kier molecular flexibility index (Phi) is 68.5. The maximum atomic E-state index is 13.1. The molecule has 3 N–H and O–H groups in total. The van der Waals surface area contributed by atoms with Gasteiger partial charge in [0.2, 0.25) is 0 Å². The van der Waals surface area contributed by atoms with Gasteiger partial charge in [-0.1, -0.05) is 336 Å². The van der Waals surface area contributed by atoms with Crippen LogP contribution in [0.1, 0.15) is 388 Å². The highest BCUT2D eigenvalue weighted by Crippen LogP contribution is 2.45. The average Bonchev–Trinajstić information content (AvgIpc) is 1.23. The van der Waals surface area contributed by atoms with Crippen molar-refractivity contribution in [2.75, 3.05) is 39.6 Å². The first-order chi connectivity index (χ1) is 47.4. The number of hydrogen-bond donors (Lipinski definition) is 3. The number of allylic oxidation sites excluding steroid dienone is 4. The van der Waals surface area contributed by atoms with E-state index in [4.69, 9.17) is 37.0 Å². The molecule has 578 valence electrons. The Morgan fingerprint density at radius 3 is 0.837 bits per heavy atom. The van der Waals surface area contributed by atoms with Crippen LogP contribution in [0.15, 0.2) is 24.3 Å². The minimum Gasteiger partial charge on any atom is -0.462 e. The lowest BCUT2D eigenvalue weighted by atomic mass is 10.0. The van der Waals surface area contributed by atoms with Gasteiger partial charge >= 0.3 is 39.5 Å². The lowest BCUT2D eigenvalue weighted by molar-refractivity contribution is -0.161. The number of aliphatic hydroxyl groups excluding tert-OH is 1. The van der Waals surface area contributed by atoms with Crippen molar-refractivity contribution in [1.82, 2.24) is 0 Å². The van der Waals surface area contributed by atoms with Gasteiger partial charge in [-0.05, 0) is 63.2 Å². The van der Waals surface area contributed by atoms with Crippen molar-refractivity contribution < 1.29 is 80.2 Å². The second kappa shape index (κ2) is 70.2. The molecule has 0 aliphatic rings. The van der Waals surface area contributed by atoms with E-state index in [9.17, 15) is 43.2 Å². The number of phosphoric ester groups is 2. The fourth-order valence-corrected chi connectivity index (χ4v) is 13.2. The molecule has 2 unspecified atom stereocenters. The maximum absolute atomic E-state index is 13.1. The number of hydrogen-bond acceptors (Lipinski definition) is 15. The van der Waals surface area contributed by atoms with Crippen molar-refractivity contribution in [2.24, 2.45) is 11.8 Å². The molecule has 0 saturated heterocycles. The zero-order valence-electron chi connectivity index (χ0n) is 63.6. The quantitative estimate of drug-likeness (QED) is 0.0169. The number of rotatable bonds is 76. The largest absolute Gasteiger partial charge is 0.472 e. The number of ether oxygens (including phenoxy) is 4. The zero-order chi connectivity index (χ0) is 72.1. The molecule has 0 aromatic carbocycles. The van der Waals surface area contributed by atoms with Gasteiger partial charge in [-0.15, -0.1) is 0 Å². The fourth-order valence-electron chi connectivity index (χ4n) is 11.6. The Labute approximate surface area is 599 Å². The molecule has 0 aromatic heterocycles. The first-order valence-corrected chi connectivity index (χ1v) is 43.3. The summed E-state index contributed by atoms with van der Waals surface area (Å²) < 4.78 is 68.6. The van der Waals surface area contributed by atoms with Crippen LogP contribution in [0.3, 0.4) is 0 Å². The Morgan fingerprint density at radius 1 is 0.316 bits per heavy atom. The molecule has 5 atom stereocenters. The summed E-state index contributed by atoms with van der Waals surface area (Å²) in [6.45, 7) is 9.57. The van der Waals surface area contributed by atoms with E-state index in [1.165, 1.54) is 186 Å². The van der Waals surface area contributed by atoms with Gasteiger partial charge in [-0.2, -0.15) is 0 Å². The van der Waals surface area contributed by atoms with E-state index in [1.807, 2.05) is 0 Å². The highest BCUT2D eigenvalue weighted by atomic mass is 31.2. The minimum absolute atomic E-state index is 0.100. The van der Waals surface area contributed by atoms with Gasteiger partial charge in [0.05, 0.1) is 26.4 Å². The highest BCUT2D eigenvalue weighted by Gasteiger charge is 2.30. The number of phosphoric acid groups is 2. The summed E-state index contributed by atoms with van der Waals surface area (Å²) in [7, 11) is -9.93. The van der Waals surface area contributed by atoms with E-state index >= 15 is 0 Å². The summed E-state index contributed by atoms with van der Waals surface area (Å²) in [5.41, 5.74) is 0. The number of carbonyl (C=O) groups excluding carboxylic acids is 4. The number of esters is 4. The van der Waals surface area contributed by atoms with Crippen LogP contribution in [0.4, 0.5) is 0 Å². The molecule has 0 fully saturated rings. The summed E-state index contributed by atoms with van der Waals surface area (Å²) >= 11 is 0. The molecule has 0 aliphatic carbocycles. The van der Waals surface area contributed by atoms with Gasteiger partial charge in [-0.25, -0.2) is 9.13 Å². The predicted molar refractivity (Wildman–Crippen MR) is 400 cm³/mol. The fraction of sp³-hybridized carbons (Fsp3) is 0.899. The van der Waals surface area contributed by atoms with E-state index in [1.54, 1.807) is 0 Å².